The van der Waals surface area contributed by atoms with E-state index in [1.165, 1.54) is 0 Å². The quantitative estimate of drug-likeness (QED) is 0.644. The molecule has 1 saturated heterocycles. The molecule has 0 N–H and O–H groups in total. The van der Waals surface area contributed by atoms with Gasteiger partial charge in [0.05, 0.1) is 24.6 Å². The number of piperazine rings is 1. The highest BCUT2D eigenvalue weighted by molar-refractivity contribution is 5.39. The summed E-state index contributed by atoms with van der Waals surface area (Å²) in [5.74, 6) is 1.57. The van der Waals surface area contributed by atoms with Gasteiger partial charge in [-0.2, -0.15) is 10.2 Å². The van der Waals surface area contributed by atoms with Crippen molar-refractivity contribution in [1.82, 2.24) is 34.4 Å². The minimum absolute atomic E-state index is 0.0510. The molecule has 27 heavy (non-hydrogen) atoms. The highest BCUT2D eigenvalue weighted by Crippen LogP contribution is 2.14. The van der Waals surface area contributed by atoms with Gasteiger partial charge in [-0.3, -0.25) is 14.7 Å². The highest BCUT2D eigenvalue weighted by atomic mass is 16.1. The fourth-order valence-electron chi connectivity index (χ4n) is 3.16. The molecule has 0 aromatic carbocycles. The average molecular weight is 366 g/mol. The van der Waals surface area contributed by atoms with Crippen LogP contribution >= 0.6 is 0 Å². The average Bonchev–Trinajstić information content (AvgIpc) is 3.24. The Kier molecular flexibility index (Phi) is 4.93. The fraction of sp³-hybridized carbons (Fsp3) is 0.389. The normalized spacial score (nSPS) is 15.2. The summed E-state index contributed by atoms with van der Waals surface area (Å²) in [5, 5.41) is 8.50. The smallest absolute Gasteiger partial charge is 0.266 e. The van der Waals surface area contributed by atoms with Crippen LogP contribution in [0, 0.1) is 6.92 Å². The van der Waals surface area contributed by atoms with E-state index in [2.05, 4.69) is 30.0 Å². The molecule has 1 fully saturated rings. The minimum Gasteiger partial charge on any atom is -0.353 e. The molecule has 0 saturated carbocycles. The number of hydrogen-bond acceptors (Lipinski definition) is 7. The number of rotatable bonds is 5. The first-order valence-corrected chi connectivity index (χ1v) is 9.03. The van der Waals surface area contributed by atoms with E-state index in [0.29, 0.717) is 12.4 Å². The molecule has 0 amide bonds. The molecule has 3 aromatic rings. The standard InChI is InChI=1S/C18H22N8O/c1-15-3-4-18(27)26(22-15)12-9-23-7-10-24(11-8-23)16-13-19-14-17(21-16)25-6-2-5-20-25/h2-6,13-14H,7-12H2,1H3. The van der Waals surface area contributed by atoms with Crippen LogP contribution in [0.25, 0.3) is 5.82 Å². The Morgan fingerprint density at radius 2 is 1.85 bits per heavy atom. The Hall–Kier alpha value is -3.07. The summed E-state index contributed by atoms with van der Waals surface area (Å²) in [6, 6.07) is 5.18. The Morgan fingerprint density at radius 3 is 2.63 bits per heavy atom. The number of nitrogens with zero attached hydrogens (tertiary/aromatic N) is 8. The van der Waals surface area contributed by atoms with Crippen molar-refractivity contribution in [3.05, 3.63) is 59.0 Å². The van der Waals surface area contributed by atoms with Crippen molar-refractivity contribution in [1.29, 1.82) is 0 Å². The van der Waals surface area contributed by atoms with Crippen molar-refractivity contribution < 1.29 is 0 Å². The van der Waals surface area contributed by atoms with E-state index in [0.717, 1.165) is 44.2 Å². The predicted molar refractivity (Wildman–Crippen MR) is 101 cm³/mol. The third kappa shape index (κ3) is 4.03. The molecule has 0 aliphatic carbocycles. The molecular weight excluding hydrogens is 344 g/mol. The summed E-state index contributed by atoms with van der Waals surface area (Å²) in [6.45, 7) is 6.87. The lowest BCUT2D eigenvalue weighted by atomic mass is 10.3. The molecule has 140 valence electrons. The summed E-state index contributed by atoms with van der Waals surface area (Å²) in [6.07, 6.45) is 7.08. The van der Waals surface area contributed by atoms with Crippen molar-refractivity contribution >= 4 is 5.82 Å². The number of anilines is 1. The van der Waals surface area contributed by atoms with Gasteiger partial charge >= 0.3 is 0 Å². The van der Waals surface area contributed by atoms with Gasteiger partial charge in [0.2, 0.25) is 0 Å². The Balaban J connectivity index is 1.34. The number of aryl methyl sites for hydroxylation is 1. The van der Waals surface area contributed by atoms with Crippen molar-refractivity contribution in [2.45, 2.75) is 13.5 Å². The van der Waals surface area contributed by atoms with E-state index in [9.17, 15) is 4.79 Å². The van der Waals surface area contributed by atoms with Gasteiger partial charge in [0.25, 0.3) is 5.56 Å². The van der Waals surface area contributed by atoms with E-state index in [4.69, 9.17) is 0 Å². The number of hydrogen-bond donors (Lipinski definition) is 0. The molecule has 0 unspecified atom stereocenters. The second-order valence-electron chi connectivity index (χ2n) is 6.55. The summed E-state index contributed by atoms with van der Waals surface area (Å²) < 4.78 is 3.25. The maximum absolute atomic E-state index is 11.9. The SMILES string of the molecule is Cc1ccc(=O)n(CCN2CCN(c3cncc(-n4cccn4)n3)CC2)n1. The van der Waals surface area contributed by atoms with Crippen LogP contribution < -0.4 is 10.5 Å². The van der Waals surface area contributed by atoms with Crippen LogP contribution in [-0.2, 0) is 6.54 Å². The topological polar surface area (TPSA) is 85.0 Å². The van der Waals surface area contributed by atoms with Crippen LogP contribution in [0.15, 0.2) is 47.8 Å². The Labute approximate surface area is 156 Å². The lowest BCUT2D eigenvalue weighted by Crippen LogP contribution is -2.48. The first-order chi connectivity index (χ1) is 13.2. The zero-order valence-electron chi connectivity index (χ0n) is 15.3. The fourth-order valence-corrected chi connectivity index (χ4v) is 3.16. The maximum Gasteiger partial charge on any atom is 0.266 e. The lowest BCUT2D eigenvalue weighted by Gasteiger charge is -2.35. The van der Waals surface area contributed by atoms with Gasteiger partial charge in [-0.05, 0) is 19.1 Å². The van der Waals surface area contributed by atoms with Gasteiger partial charge in [0.15, 0.2) is 5.82 Å². The van der Waals surface area contributed by atoms with E-state index >= 15 is 0 Å². The molecule has 0 spiro atoms. The molecule has 9 nitrogen and oxygen atoms in total. The molecule has 1 aliphatic rings. The summed E-state index contributed by atoms with van der Waals surface area (Å²) in [4.78, 5) is 25.4. The first-order valence-electron chi connectivity index (χ1n) is 9.03. The molecular formula is C18H22N8O. The Morgan fingerprint density at radius 1 is 1.04 bits per heavy atom. The van der Waals surface area contributed by atoms with Crippen molar-refractivity contribution in [2.24, 2.45) is 0 Å². The van der Waals surface area contributed by atoms with Crippen LogP contribution in [0.3, 0.4) is 0 Å². The highest BCUT2D eigenvalue weighted by Gasteiger charge is 2.19. The lowest BCUT2D eigenvalue weighted by molar-refractivity contribution is 0.242. The van der Waals surface area contributed by atoms with Crippen molar-refractivity contribution in [3.8, 4) is 5.82 Å². The van der Waals surface area contributed by atoms with Crippen molar-refractivity contribution in [2.75, 3.05) is 37.6 Å². The van der Waals surface area contributed by atoms with E-state index in [1.807, 2.05) is 19.2 Å². The third-order valence-corrected chi connectivity index (χ3v) is 4.67. The van der Waals surface area contributed by atoms with Gasteiger partial charge < -0.3 is 4.90 Å². The maximum atomic E-state index is 11.9. The van der Waals surface area contributed by atoms with Crippen LogP contribution in [0.1, 0.15) is 5.69 Å². The zero-order valence-corrected chi connectivity index (χ0v) is 15.3. The molecule has 0 bridgehead atoms. The van der Waals surface area contributed by atoms with Gasteiger partial charge in [-0.15, -0.1) is 0 Å². The second-order valence-corrected chi connectivity index (χ2v) is 6.55. The molecule has 0 atom stereocenters. The van der Waals surface area contributed by atoms with Crippen LogP contribution in [-0.4, -0.2) is 67.2 Å². The third-order valence-electron chi connectivity index (χ3n) is 4.67. The molecule has 4 rings (SSSR count). The monoisotopic (exact) mass is 366 g/mol. The summed E-state index contributed by atoms with van der Waals surface area (Å²) in [7, 11) is 0. The zero-order chi connectivity index (χ0) is 18.6. The Bertz CT molecular complexity index is 944. The van der Waals surface area contributed by atoms with E-state index in [-0.39, 0.29) is 5.56 Å². The summed E-state index contributed by atoms with van der Waals surface area (Å²) >= 11 is 0. The predicted octanol–water partition coefficient (Wildman–Crippen LogP) is 0.350. The minimum atomic E-state index is -0.0510. The number of aromatic nitrogens is 6. The van der Waals surface area contributed by atoms with Crippen molar-refractivity contribution in [3.63, 3.8) is 0 Å². The van der Waals surface area contributed by atoms with Crippen LogP contribution in [0.5, 0.6) is 0 Å². The van der Waals surface area contributed by atoms with Gasteiger partial charge in [0.1, 0.15) is 5.82 Å². The molecule has 9 heteroatoms. The van der Waals surface area contributed by atoms with Crippen LogP contribution in [0.2, 0.25) is 0 Å². The van der Waals surface area contributed by atoms with Gasteiger partial charge in [-0.1, -0.05) is 0 Å². The molecule has 0 radical (unpaired) electrons. The first kappa shape index (κ1) is 17.3. The summed E-state index contributed by atoms with van der Waals surface area (Å²) in [5.41, 5.74) is 0.806. The molecule has 1 aliphatic heterocycles. The van der Waals surface area contributed by atoms with Crippen LogP contribution in [0.4, 0.5) is 5.82 Å². The largest absolute Gasteiger partial charge is 0.353 e. The molecule has 4 heterocycles. The van der Waals surface area contributed by atoms with Gasteiger partial charge in [-0.25, -0.2) is 14.3 Å². The van der Waals surface area contributed by atoms with E-state index in [1.54, 1.807) is 40.1 Å². The van der Waals surface area contributed by atoms with E-state index < -0.39 is 0 Å². The molecule has 3 aromatic heterocycles. The second kappa shape index (κ2) is 7.67. The van der Waals surface area contributed by atoms with Gasteiger partial charge in [0, 0.05) is 51.2 Å².